The topological polar surface area (TPSA) is 78.1 Å². The van der Waals surface area contributed by atoms with Gasteiger partial charge < -0.3 is 10.2 Å². The van der Waals surface area contributed by atoms with Crippen molar-refractivity contribution < 1.29 is 18.0 Å². The van der Waals surface area contributed by atoms with Crippen molar-refractivity contribution in [3.05, 3.63) is 27.2 Å². The third-order valence-corrected chi connectivity index (χ3v) is 5.65. The molecule has 9 heteroatoms. The van der Waals surface area contributed by atoms with Crippen molar-refractivity contribution in [1.82, 2.24) is 20.4 Å². The molecule has 1 heterocycles. The average molecular weight is 431 g/mol. The van der Waals surface area contributed by atoms with E-state index in [9.17, 15) is 22.8 Å². The number of amides is 1. The molecule has 6 nitrogen and oxygen atoms in total. The number of carbonyl (C=O) groups is 1. The van der Waals surface area contributed by atoms with E-state index in [1.54, 1.807) is 0 Å². The summed E-state index contributed by atoms with van der Waals surface area (Å²) in [6, 6.07) is -0.474. The molecule has 1 aromatic heterocycles. The number of H-pyrrole nitrogens is 1. The molecule has 2 N–H and O–H groups in total. The number of rotatable bonds is 10. The van der Waals surface area contributed by atoms with Gasteiger partial charge in [-0.05, 0) is 30.2 Å². The van der Waals surface area contributed by atoms with Crippen molar-refractivity contribution in [3.63, 3.8) is 0 Å². The van der Waals surface area contributed by atoms with Crippen LogP contribution in [0, 0.1) is 5.41 Å². The zero-order valence-corrected chi connectivity index (χ0v) is 18.3. The Balaban J connectivity index is 2.09. The van der Waals surface area contributed by atoms with Crippen molar-refractivity contribution in [2.75, 3.05) is 19.6 Å². The fourth-order valence-electron chi connectivity index (χ4n) is 4.18. The molecule has 0 spiro atoms. The second kappa shape index (κ2) is 9.94. The van der Waals surface area contributed by atoms with E-state index in [2.05, 4.69) is 17.3 Å². The molecule has 0 bridgehead atoms. The van der Waals surface area contributed by atoms with E-state index >= 15 is 0 Å². The second-order valence-electron chi connectivity index (χ2n) is 8.68. The highest BCUT2D eigenvalue weighted by Gasteiger charge is 2.47. The molecule has 1 aromatic rings. The molecule has 1 amide bonds. The van der Waals surface area contributed by atoms with Crippen LogP contribution >= 0.6 is 0 Å². The number of fused-ring (bicyclic) bond motifs is 1. The third-order valence-electron chi connectivity index (χ3n) is 5.65. The Bertz CT molecular complexity index is 789. The van der Waals surface area contributed by atoms with E-state index in [1.807, 2.05) is 30.8 Å². The van der Waals surface area contributed by atoms with E-state index in [0.29, 0.717) is 13.1 Å². The standard InChI is InChI=1S/C21H33F3N4O2/c1-5-7-8-12-28(11-6-2)15(29)9-10-25-18-17-14(13-20(18,3)4)16(21(22,23)24)19(30)27-26-17/h18,25H,5-13H2,1-4H3,(H,27,30). The number of carbonyl (C=O) groups excluding carboxylic acids is 1. The molecule has 1 aliphatic rings. The maximum Gasteiger partial charge on any atom is 0.422 e. The summed E-state index contributed by atoms with van der Waals surface area (Å²) < 4.78 is 40.2. The first-order chi connectivity index (χ1) is 14.0. The maximum atomic E-state index is 13.4. The average Bonchev–Trinajstić information content (AvgIpc) is 2.89. The molecule has 0 aliphatic heterocycles. The quantitative estimate of drug-likeness (QED) is 0.553. The van der Waals surface area contributed by atoms with Gasteiger partial charge in [-0.25, -0.2) is 5.10 Å². The van der Waals surface area contributed by atoms with Gasteiger partial charge >= 0.3 is 6.18 Å². The molecule has 1 aliphatic carbocycles. The van der Waals surface area contributed by atoms with Gasteiger partial charge in [-0.1, -0.05) is 40.5 Å². The highest BCUT2D eigenvalue weighted by molar-refractivity contribution is 5.76. The summed E-state index contributed by atoms with van der Waals surface area (Å²) in [5.41, 5.74) is -2.77. The maximum absolute atomic E-state index is 13.4. The van der Waals surface area contributed by atoms with Gasteiger partial charge in [-0.15, -0.1) is 0 Å². The molecular weight excluding hydrogens is 397 g/mol. The Morgan fingerprint density at radius 3 is 2.53 bits per heavy atom. The summed E-state index contributed by atoms with van der Waals surface area (Å²) in [5.74, 6) is 0.0434. The van der Waals surface area contributed by atoms with E-state index in [0.717, 1.165) is 32.2 Å². The van der Waals surface area contributed by atoms with Crippen LogP contribution in [0.4, 0.5) is 13.2 Å². The van der Waals surface area contributed by atoms with Gasteiger partial charge in [-0.2, -0.15) is 18.3 Å². The predicted octanol–water partition coefficient (Wildman–Crippen LogP) is 3.82. The van der Waals surface area contributed by atoms with Gasteiger partial charge in [0.05, 0.1) is 11.7 Å². The predicted molar refractivity (Wildman–Crippen MR) is 109 cm³/mol. The Morgan fingerprint density at radius 1 is 1.23 bits per heavy atom. The first-order valence-corrected chi connectivity index (χ1v) is 10.7. The largest absolute Gasteiger partial charge is 0.422 e. The Kier molecular flexibility index (Phi) is 8.07. The molecule has 0 fully saturated rings. The van der Waals surface area contributed by atoms with Crippen LogP contribution in [0.2, 0.25) is 0 Å². The molecule has 0 radical (unpaired) electrons. The van der Waals surface area contributed by atoms with Crippen LogP contribution in [0.25, 0.3) is 0 Å². The zero-order valence-electron chi connectivity index (χ0n) is 18.3. The van der Waals surface area contributed by atoms with Crippen LogP contribution in [0.5, 0.6) is 0 Å². The minimum Gasteiger partial charge on any atom is -0.343 e. The van der Waals surface area contributed by atoms with Crippen molar-refractivity contribution in [1.29, 1.82) is 0 Å². The molecular formula is C21H33F3N4O2. The smallest absolute Gasteiger partial charge is 0.343 e. The lowest BCUT2D eigenvalue weighted by Crippen LogP contribution is -2.37. The fourth-order valence-corrected chi connectivity index (χ4v) is 4.18. The number of alkyl halides is 3. The van der Waals surface area contributed by atoms with E-state index in [1.165, 1.54) is 0 Å². The molecule has 1 unspecified atom stereocenters. The van der Waals surface area contributed by atoms with Gasteiger partial charge in [0, 0.05) is 26.1 Å². The van der Waals surface area contributed by atoms with Crippen molar-refractivity contribution >= 4 is 5.91 Å². The monoisotopic (exact) mass is 430 g/mol. The molecule has 1 atom stereocenters. The molecule has 0 aromatic carbocycles. The van der Waals surface area contributed by atoms with E-state index in [4.69, 9.17) is 0 Å². The SMILES string of the molecule is CCCCCN(CCC)C(=O)CCNC1c2n[nH]c(=O)c(C(F)(F)F)c2CC1(C)C. The van der Waals surface area contributed by atoms with Gasteiger partial charge in [0.2, 0.25) is 5.91 Å². The number of hydrogen-bond acceptors (Lipinski definition) is 4. The number of unbranched alkanes of at least 4 members (excludes halogenated alkanes) is 2. The minimum atomic E-state index is -4.74. The Labute approximate surface area is 175 Å². The molecule has 0 saturated heterocycles. The molecule has 170 valence electrons. The summed E-state index contributed by atoms with van der Waals surface area (Å²) in [6.45, 7) is 9.60. The van der Waals surface area contributed by atoms with Crippen molar-refractivity contribution in [2.45, 2.75) is 78.4 Å². The Morgan fingerprint density at radius 2 is 1.93 bits per heavy atom. The second-order valence-corrected chi connectivity index (χ2v) is 8.68. The molecule has 30 heavy (non-hydrogen) atoms. The fraction of sp³-hybridized carbons (Fsp3) is 0.762. The van der Waals surface area contributed by atoms with Crippen LogP contribution in [-0.2, 0) is 17.4 Å². The molecule has 0 saturated carbocycles. The van der Waals surface area contributed by atoms with Crippen LogP contribution in [0.15, 0.2) is 4.79 Å². The lowest BCUT2D eigenvalue weighted by molar-refractivity contribution is -0.139. The Hall–Kier alpha value is -1.90. The first-order valence-electron chi connectivity index (χ1n) is 10.7. The highest BCUT2D eigenvalue weighted by atomic mass is 19.4. The number of nitrogens with one attached hydrogen (secondary N) is 2. The van der Waals surface area contributed by atoms with Gasteiger partial charge in [0.15, 0.2) is 0 Å². The minimum absolute atomic E-state index is 0.0434. The number of aromatic nitrogens is 2. The summed E-state index contributed by atoms with van der Waals surface area (Å²) in [4.78, 5) is 26.3. The summed E-state index contributed by atoms with van der Waals surface area (Å²) in [5, 5.41) is 9.15. The summed E-state index contributed by atoms with van der Waals surface area (Å²) in [7, 11) is 0. The highest BCUT2D eigenvalue weighted by Crippen LogP contribution is 2.46. The van der Waals surface area contributed by atoms with Crippen LogP contribution in [-0.4, -0.2) is 40.6 Å². The number of nitrogens with zero attached hydrogens (tertiary/aromatic N) is 2. The van der Waals surface area contributed by atoms with Crippen LogP contribution in [0.1, 0.15) is 82.7 Å². The zero-order chi connectivity index (χ0) is 22.5. The lowest BCUT2D eigenvalue weighted by atomic mass is 9.85. The number of hydrogen-bond donors (Lipinski definition) is 2. The van der Waals surface area contributed by atoms with Crippen LogP contribution in [0.3, 0.4) is 0 Å². The van der Waals surface area contributed by atoms with Crippen LogP contribution < -0.4 is 10.9 Å². The van der Waals surface area contributed by atoms with Crippen molar-refractivity contribution in [2.24, 2.45) is 5.41 Å². The summed E-state index contributed by atoms with van der Waals surface area (Å²) >= 11 is 0. The van der Waals surface area contributed by atoms with Gasteiger partial charge in [0.25, 0.3) is 5.56 Å². The van der Waals surface area contributed by atoms with Crippen molar-refractivity contribution in [3.8, 4) is 0 Å². The molecule has 2 rings (SSSR count). The lowest BCUT2D eigenvalue weighted by Gasteiger charge is -2.28. The van der Waals surface area contributed by atoms with E-state index < -0.39 is 28.8 Å². The third kappa shape index (κ3) is 5.62. The van der Waals surface area contributed by atoms with Gasteiger partial charge in [0.1, 0.15) is 5.56 Å². The first kappa shape index (κ1) is 24.4. The van der Waals surface area contributed by atoms with Gasteiger partial charge in [-0.3, -0.25) is 9.59 Å². The normalized spacial score (nSPS) is 17.8. The van der Waals surface area contributed by atoms with E-state index in [-0.39, 0.29) is 30.0 Å². The number of halogens is 3. The number of aromatic amines is 1. The summed E-state index contributed by atoms with van der Waals surface area (Å²) in [6.07, 6.45) is -0.365.